The molecule has 3 unspecified atom stereocenters. The summed E-state index contributed by atoms with van der Waals surface area (Å²) in [5.41, 5.74) is 0.972. The van der Waals surface area contributed by atoms with E-state index in [1.165, 1.54) is 51.4 Å². The molecule has 0 bridgehead atoms. The lowest BCUT2D eigenvalue weighted by molar-refractivity contribution is -0.229. The molecule has 0 aromatic carbocycles. The first-order chi connectivity index (χ1) is 14.9. The molecule has 176 valence electrons. The van der Waals surface area contributed by atoms with Gasteiger partial charge in [0.1, 0.15) is 0 Å². The minimum Gasteiger partial charge on any atom is -0.466 e. The predicted molar refractivity (Wildman–Crippen MR) is 120 cm³/mol. The molecule has 1 heterocycles. The quantitative estimate of drug-likeness (QED) is 0.491. The van der Waals surface area contributed by atoms with Crippen LogP contribution >= 0.6 is 0 Å². The Hall–Kier alpha value is -0.610. The lowest BCUT2D eigenvalue weighted by Gasteiger charge is -2.62. The zero-order chi connectivity index (χ0) is 21.7. The van der Waals surface area contributed by atoms with Gasteiger partial charge in [0.05, 0.1) is 19.8 Å². The molecule has 0 N–H and O–H groups in total. The largest absolute Gasteiger partial charge is 0.466 e. The zero-order valence-corrected chi connectivity index (χ0v) is 20.1. The molecule has 1 aliphatic heterocycles. The molecule has 31 heavy (non-hydrogen) atoms. The van der Waals surface area contributed by atoms with Crippen LogP contribution in [0, 0.1) is 40.4 Å². The van der Waals surface area contributed by atoms with E-state index in [1.54, 1.807) is 0 Å². The maximum atomic E-state index is 11.8. The number of rotatable bonds is 5. The first-order valence-electron chi connectivity index (χ1n) is 13.3. The summed E-state index contributed by atoms with van der Waals surface area (Å²) in [6.07, 6.45) is 14.7. The molecule has 5 aliphatic rings. The van der Waals surface area contributed by atoms with Crippen molar-refractivity contribution < 1.29 is 19.0 Å². The van der Waals surface area contributed by atoms with Gasteiger partial charge in [-0.15, -0.1) is 0 Å². The van der Waals surface area contributed by atoms with E-state index in [0.29, 0.717) is 23.9 Å². The van der Waals surface area contributed by atoms with E-state index in [-0.39, 0.29) is 11.8 Å². The summed E-state index contributed by atoms with van der Waals surface area (Å²) in [5.74, 6) is 4.02. The molecular weight excluding hydrogens is 388 g/mol. The summed E-state index contributed by atoms with van der Waals surface area (Å²) < 4.78 is 17.4. The van der Waals surface area contributed by atoms with Crippen molar-refractivity contribution in [2.45, 2.75) is 104 Å². The predicted octanol–water partition coefficient (Wildman–Crippen LogP) is 6.12. The third-order valence-corrected chi connectivity index (χ3v) is 10.9. The zero-order valence-electron chi connectivity index (χ0n) is 20.1. The molecule has 4 saturated carbocycles. The molecule has 7 atom stereocenters. The van der Waals surface area contributed by atoms with E-state index in [0.717, 1.165) is 62.1 Å². The Morgan fingerprint density at radius 2 is 1.71 bits per heavy atom. The van der Waals surface area contributed by atoms with Crippen LogP contribution in [0.15, 0.2) is 0 Å². The number of carbonyl (C=O) groups is 1. The Labute approximate surface area is 189 Å². The fraction of sp³-hybridized carbons (Fsp3) is 0.963. The summed E-state index contributed by atoms with van der Waals surface area (Å²) in [5, 5.41) is 0. The first-order valence-corrected chi connectivity index (χ1v) is 13.3. The van der Waals surface area contributed by atoms with E-state index in [4.69, 9.17) is 14.2 Å². The van der Waals surface area contributed by atoms with Gasteiger partial charge in [-0.1, -0.05) is 13.8 Å². The average molecular weight is 433 g/mol. The van der Waals surface area contributed by atoms with Crippen molar-refractivity contribution in [1.29, 1.82) is 0 Å². The molecule has 4 heteroatoms. The highest BCUT2D eigenvalue weighted by Crippen LogP contribution is 2.68. The number of ether oxygens (including phenoxy) is 3. The smallest absolute Gasteiger partial charge is 0.305 e. The summed E-state index contributed by atoms with van der Waals surface area (Å²) in [6.45, 7) is 9.21. The molecule has 0 amide bonds. The second-order valence-electron chi connectivity index (χ2n) is 12.0. The van der Waals surface area contributed by atoms with Gasteiger partial charge in [0.2, 0.25) is 0 Å². The second kappa shape index (κ2) is 8.31. The van der Waals surface area contributed by atoms with E-state index >= 15 is 0 Å². The van der Waals surface area contributed by atoms with E-state index in [1.807, 2.05) is 6.92 Å². The van der Waals surface area contributed by atoms with Crippen LogP contribution < -0.4 is 0 Å². The molecule has 5 rings (SSSR count). The average Bonchev–Trinajstić information content (AvgIpc) is 3.33. The van der Waals surface area contributed by atoms with Gasteiger partial charge in [-0.2, -0.15) is 0 Å². The topological polar surface area (TPSA) is 44.8 Å². The lowest BCUT2D eigenvalue weighted by Crippen LogP contribution is -2.56. The van der Waals surface area contributed by atoms with Crippen LogP contribution in [0.1, 0.15) is 97.8 Å². The van der Waals surface area contributed by atoms with Crippen LogP contribution in [-0.2, 0) is 19.0 Å². The van der Waals surface area contributed by atoms with Crippen LogP contribution in [0.25, 0.3) is 0 Å². The fourth-order valence-corrected chi connectivity index (χ4v) is 9.27. The highest BCUT2D eigenvalue weighted by atomic mass is 16.7. The van der Waals surface area contributed by atoms with Crippen LogP contribution in [0.2, 0.25) is 0 Å². The van der Waals surface area contributed by atoms with Crippen molar-refractivity contribution in [2.75, 3.05) is 19.8 Å². The lowest BCUT2D eigenvalue weighted by atomic mass is 9.44. The van der Waals surface area contributed by atoms with Gasteiger partial charge in [0, 0.05) is 19.3 Å². The van der Waals surface area contributed by atoms with Gasteiger partial charge in [-0.05, 0) is 105 Å². The Balaban J connectivity index is 1.24. The third kappa shape index (κ3) is 3.68. The van der Waals surface area contributed by atoms with Crippen molar-refractivity contribution in [1.82, 2.24) is 0 Å². The molecule has 4 nitrogen and oxygen atoms in total. The van der Waals surface area contributed by atoms with Crippen LogP contribution in [0.5, 0.6) is 0 Å². The van der Waals surface area contributed by atoms with Crippen molar-refractivity contribution >= 4 is 5.97 Å². The maximum absolute atomic E-state index is 11.8. The maximum Gasteiger partial charge on any atom is 0.305 e. The number of carbonyl (C=O) groups excluding carboxylic acids is 1. The summed E-state index contributed by atoms with van der Waals surface area (Å²) in [7, 11) is 0. The summed E-state index contributed by atoms with van der Waals surface area (Å²) in [4.78, 5) is 11.8. The third-order valence-electron chi connectivity index (χ3n) is 10.9. The molecule has 4 aliphatic carbocycles. The highest BCUT2D eigenvalue weighted by Gasteiger charge is 2.61. The molecular formula is C27H44O4. The molecule has 1 spiro atoms. The Kier molecular flexibility index (Phi) is 5.95. The number of fused-ring (bicyclic) bond motifs is 5. The Bertz CT molecular complexity index is 670. The van der Waals surface area contributed by atoms with Crippen molar-refractivity contribution in [3.63, 3.8) is 0 Å². The summed E-state index contributed by atoms with van der Waals surface area (Å²) in [6, 6.07) is 0. The monoisotopic (exact) mass is 432 g/mol. The molecule has 1 saturated heterocycles. The second-order valence-corrected chi connectivity index (χ2v) is 12.0. The van der Waals surface area contributed by atoms with Gasteiger partial charge >= 0.3 is 5.97 Å². The van der Waals surface area contributed by atoms with Gasteiger partial charge in [-0.25, -0.2) is 0 Å². The minimum absolute atomic E-state index is 0.0116. The van der Waals surface area contributed by atoms with E-state index in [9.17, 15) is 4.79 Å². The highest BCUT2D eigenvalue weighted by molar-refractivity contribution is 5.69. The van der Waals surface area contributed by atoms with Gasteiger partial charge < -0.3 is 14.2 Å². The molecule has 5 fully saturated rings. The number of hydrogen-bond acceptors (Lipinski definition) is 4. The number of hydrogen-bond donors (Lipinski definition) is 0. The van der Waals surface area contributed by atoms with E-state index in [2.05, 4.69) is 13.8 Å². The van der Waals surface area contributed by atoms with Crippen molar-refractivity contribution in [3.05, 3.63) is 0 Å². The SMILES string of the molecule is CCOC(=O)CCC[C@H]1CCC2C3CC[C@H]4CC5(CC[C@]4(C)C3CC[C@@]21C)OCCO5. The van der Waals surface area contributed by atoms with Gasteiger partial charge in [0.25, 0.3) is 0 Å². The van der Waals surface area contributed by atoms with Crippen molar-refractivity contribution in [3.8, 4) is 0 Å². The molecule has 0 radical (unpaired) electrons. The summed E-state index contributed by atoms with van der Waals surface area (Å²) >= 11 is 0. The minimum atomic E-state index is -0.239. The van der Waals surface area contributed by atoms with E-state index < -0.39 is 0 Å². The van der Waals surface area contributed by atoms with Crippen LogP contribution in [0.3, 0.4) is 0 Å². The van der Waals surface area contributed by atoms with Crippen molar-refractivity contribution in [2.24, 2.45) is 40.4 Å². The normalized spacial score (nSPS) is 45.7. The number of esters is 1. The van der Waals surface area contributed by atoms with Gasteiger partial charge in [-0.3, -0.25) is 4.79 Å². The van der Waals surface area contributed by atoms with Crippen LogP contribution in [-0.4, -0.2) is 31.6 Å². The molecule has 0 aromatic rings. The molecule has 0 aromatic heterocycles. The van der Waals surface area contributed by atoms with Crippen LogP contribution in [0.4, 0.5) is 0 Å². The Morgan fingerprint density at radius 1 is 0.935 bits per heavy atom. The first kappa shape index (κ1) is 22.2. The fourth-order valence-electron chi connectivity index (χ4n) is 9.27. The van der Waals surface area contributed by atoms with Gasteiger partial charge in [0.15, 0.2) is 5.79 Å². The Morgan fingerprint density at radius 3 is 2.48 bits per heavy atom. The standard InChI is InChI=1S/C27H44O4/c1-4-29-24(28)7-5-6-19-9-11-22-21-10-8-20-18-27(30-16-17-31-27)15-14-26(20,3)23(21)12-13-25(19,22)2/h19-23H,4-18H2,1-3H3/t19-,20-,21?,22?,23?,25+,26-/m0/s1.